The van der Waals surface area contributed by atoms with Crippen molar-refractivity contribution >= 4 is 5.96 Å². The molecule has 0 aromatic rings. The van der Waals surface area contributed by atoms with E-state index in [4.69, 9.17) is 5.73 Å². The molecule has 3 nitrogen and oxygen atoms in total. The highest BCUT2D eigenvalue weighted by Crippen LogP contribution is 2.28. The first-order chi connectivity index (χ1) is 7.22. The summed E-state index contributed by atoms with van der Waals surface area (Å²) in [5, 5.41) is 3.11. The van der Waals surface area contributed by atoms with Gasteiger partial charge in [-0.25, -0.2) is 0 Å². The minimum atomic E-state index is 0.620. The number of aliphatic imine (C=N–C) groups is 1. The Morgan fingerprint density at radius 3 is 2.93 bits per heavy atom. The van der Waals surface area contributed by atoms with E-state index in [1.54, 1.807) is 0 Å². The van der Waals surface area contributed by atoms with Gasteiger partial charge in [-0.2, -0.15) is 0 Å². The van der Waals surface area contributed by atoms with Crippen LogP contribution in [0.25, 0.3) is 0 Å². The predicted octanol–water partition coefficient (Wildman–Crippen LogP) is 2.13. The summed E-state index contributed by atoms with van der Waals surface area (Å²) >= 11 is 0. The van der Waals surface area contributed by atoms with Crippen molar-refractivity contribution < 1.29 is 0 Å². The van der Waals surface area contributed by atoms with Crippen LogP contribution < -0.4 is 11.1 Å². The standard InChI is InChI=1S/C12H25N3/c1-3-7-14-12(13)15-9-11-6-4-5-10(2)8-11/h10-11H,3-9H2,1-2H3,(H3,13,14,15). The number of hydrogen-bond donors (Lipinski definition) is 2. The summed E-state index contributed by atoms with van der Waals surface area (Å²) in [6.07, 6.45) is 6.50. The van der Waals surface area contributed by atoms with Crippen molar-refractivity contribution in [1.82, 2.24) is 5.32 Å². The number of rotatable bonds is 4. The van der Waals surface area contributed by atoms with E-state index in [9.17, 15) is 0 Å². The number of guanidine groups is 1. The minimum Gasteiger partial charge on any atom is -0.370 e. The molecule has 1 fully saturated rings. The molecule has 2 unspecified atom stereocenters. The number of hydrogen-bond acceptors (Lipinski definition) is 1. The van der Waals surface area contributed by atoms with Crippen LogP contribution in [0.4, 0.5) is 0 Å². The van der Waals surface area contributed by atoms with E-state index in [0.29, 0.717) is 5.96 Å². The lowest BCUT2D eigenvalue weighted by Gasteiger charge is -2.25. The molecule has 1 aliphatic rings. The first-order valence-electron chi connectivity index (χ1n) is 6.26. The smallest absolute Gasteiger partial charge is 0.188 e. The summed E-state index contributed by atoms with van der Waals surface area (Å²) in [5.74, 6) is 2.26. The van der Waals surface area contributed by atoms with Gasteiger partial charge in [0.25, 0.3) is 0 Å². The zero-order valence-corrected chi connectivity index (χ0v) is 10.1. The highest BCUT2D eigenvalue weighted by Gasteiger charge is 2.18. The van der Waals surface area contributed by atoms with Crippen molar-refractivity contribution in [3.05, 3.63) is 0 Å². The van der Waals surface area contributed by atoms with Crippen molar-refractivity contribution in [3.8, 4) is 0 Å². The number of nitrogens with zero attached hydrogens (tertiary/aromatic N) is 1. The Bertz CT molecular complexity index is 201. The molecule has 3 N–H and O–H groups in total. The van der Waals surface area contributed by atoms with Gasteiger partial charge in [0.2, 0.25) is 0 Å². The van der Waals surface area contributed by atoms with Crippen molar-refractivity contribution in [3.63, 3.8) is 0 Å². The van der Waals surface area contributed by atoms with Gasteiger partial charge < -0.3 is 11.1 Å². The van der Waals surface area contributed by atoms with E-state index in [1.165, 1.54) is 25.7 Å². The van der Waals surface area contributed by atoms with Gasteiger partial charge >= 0.3 is 0 Å². The second-order valence-corrected chi connectivity index (χ2v) is 4.79. The maximum absolute atomic E-state index is 5.75. The molecule has 0 aromatic heterocycles. The van der Waals surface area contributed by atoms with Crippen LogP contribution in [-0.2, 0) is 0 Å². The fourth-order valence-electron chi connectivity index (χ4n) is 2.26. The average Bonchev–Trinajstić information content (AvgIpc) is 2.23. The van der Waals surface area contributed by atoms with Crippen LogP contribution in [0.2, 0.25) is 0 Å². The Kier molecular flexibility index (Phi) is 5.51. The van der Waals surface area contributed by atoms with Crippen LogP contribution in [0.15, 0.2) is 4.99 Å². The van der Waals surface area contributed by atoms with E-state index in [1.807, 2.05) is 0 Å². The van der Waals surface area contributed by atoms with Crippen LogP contribution in [0.5, 0.6) is 0 Å². The molecular weight excluding hydrogens is 186 g/mol. The normalized spacial score (nSPS) is 27.7. The zero-order valence-electron chi connectivity index (χ0n) is 10.1. The molecular formula is C12H25N3. The van der Waals surface area contributed by atoms with E-state index in [-0.39, 0.29) is 0 Å². The topological polar surface area (TPSA) is 50.4 Å². The summed E-state index contributed by atoms with van der Waals surface area (Å²) in [7, 11) is 0. The van der Waals surface area contributed by atoms with Crippen LogP contribution in [-0.4, -0.2) is 19.0 Å². The first-order valence-corrected chi connectivity index (χ1v) is 6.26. The molecule has 0 amide bonds. The minimum absolute atomic E-state index is 0.620. The van der Waals surface area contributed by atoms with Gasteiger partial charge in [0.1, 0.15) is 0 Å². The summed E-state index contributed by atoms with van der Waals surface area (Å²) < 4.78 is 0. The number of nitrogens with one attached hydrogen (secondary N) is 1. The Balaban J connectivity index is 2.22. The first kappa shape index (κ1) is 12.3. The fraction of sp³-hybridized carbons (Fsp3) is 0.917. The molecule has 88 valence electrons. The van der Waals surface area contributed by atoms with Crippen LogP contribution in [0.3, 0.4) is 0 Å². The Morgan fingerprint density at radius 2 is 2.27 bits per heavy atom. The molecule has 1 rings (SSSR count). The van der Waals surface area contributed by atoms with Crippen LogP contribution in [0, 0.1) is 11.8 Å². The lowest BCUT2D eigenvalue weighted by Crippen LogP contribution is -2.33. The second kappa shape index (κ2) is 6.70. The molecule has 0 bridgehead atoms. The molecule has 0 aliphatic heterocycles. The van der Waals surface area contributed by atoms with Crippen molar-refractivity contribution in [1.29, 1.82) is 0 Å². The summed E-state index contributed by atoms with van der Waals surface area (Å²) in [5.41, 5.74) is 5.75. The molecule has 0 aromatic carbocycles. The molecule has 2 atom stereocenters. The Morgan fingerprint density at radius 1 is 1.47 bits per heavy atom. The molecule has 3 heteroatoms. The highest BCUT2D eigenvalue weighted by molar-refractivity contribution is 5.77. The summed E-state index contributed by atoms with van der Waals surface area (Å²) in [6, 6.07) is 0. The lowest BCUT2D eigenvalue weighted by molar-refractivity contribution is 0.289. The van der Waals surface area contributed by atoms with Gasteiger partial charge in [-0.3, -0.25) is 4.99 Å². The third-order valence-corrected chi connectivity index (χ3v) is 3.12. The Labute approximate surface area is 93.5 Å². The van der Waals surface area contributed by atoms with Crippen molar-refractivity contribution in [2.24, 2.45) is 22.6 Å². The van der Waals surface area contributed by atoms with Gasteiger partial charge in [0.05, 0.1) is 0 Å². The van der Waals surface area contributed by atoms with E-state index < -0.39 is 0 Å². The molecule has 15 heavy (non-hydrogen) atoms. The predicted molar refractivity (Wildman–Crippen MR) is 65.9 cm³/mol. The third kappa shape index (κ3) is 5.05. The quantitative estimate of drug-likeness (QED) is 0.553. The monoisotopic (exact) mass is 211 g/mol. The van der Waals surface area contributed by atoms with Crippen molar-refractivity contribution in [2.45, 2.75) is 46.0 Å². The van der Waals surface area contributed by atoms with Gasteiger partial charge in [0.15, 0.2) is 5.96 Å². The fourth-order valence-corrected chi connectivity index (χ4v) is 2.26. The molecule has 1 saturated carbocycles. The SMILES string of the molecule is CCCNC(N)=NCC1CCCC(C)C1. The average molecular weight is 211 g/mol. The molecule has 0 spiro atoms. The zero-order chi connectivity index (χ0) is 11.1. The van der Waals surface area contributed by atoms with Crippen molar-refractivity contribution in [2.75, 3.05) is 13.1 Å². The third-order valence-electron chi connectivity index (χ3n) is 3.12. The largest absolute Gasteiger partial charge is 0.370 e. The van der Waals surface area contributed by atoms with Gasteiger partial charge in [0, 0.05) is 13.1 Å². The lowest BCUT2D eigenvalue weighted by atomic mass is 9.82. The maximum Gasteiger partial charge on any atom is 0.188 e. The van der Waals surface area contributed by atoms with Gasteiger partial charge in [-0.05, 0) is 31.1 Å². The van der Waals surface area contributed by atoms with E-state index >= 15 is 0 Å². The Hall–Kier alpha value is -0.730. The van der Waals surface area contributed by atoms with Crippen LogP contribution >= 0.6 is 0 Å². The molecule has 0 radical (unpaired) electrons. The van der Waals surface area contributed by atoms with Crippen LogP contribution in [0.1, 0.15) is 46.0 Å². The van der Waals surface area contributed by atoms with Gasteiger partial charge in [-0.1, -0.05) is 26.7 Å². The molecule has 0 heterocycles. The maximum atomic E-state index is 5.75. The molecule has 0 saturated heterocycles. The summed E-state index contributed by atoms with van der Waals surface area (Å²) in [6.45, 7) is 6.31. The molecule has 1 aliphatic carbocycles. The highest BCUT2D eigenvalue weighted by atomic mass is 15.1. The second-order valence-electron chi connectivity index (χ2n) is 4.79. The van der Waals surface area contributed by atoms with E-state index in [2.05, 4.69) is 24.2 Å². The van der Waals surface area contributed by atoms with E-state index in [0.717, 1.165) is 31.3 Å². The van der Waals surface area contributed by atoms with Gasteiger partial charge in [-0.15, -0.1) is 0 Å². The summed E-state index contributed by atoms with van der Waals surface area (Å²) in [4.78, 5) is 4.40. The number of nitrogens with two attached hydrogens (primary N) is 1.